The first kappa shape index (κ1) is 25.8. The smallest absolute Gasteiger partial charge is 0.0947 e. The second-order valence-electron chi connectivity index (χ2n) is 7.72. The molecule has 26 heavy (non-hydrogen) atoms. The summed E-state index contributed by atoms with van der Waals surface area (Å²) in [5.41, 5.74) is 22.9. The van der Waals surface area contributed by atoms with Crippen LogP contribution in [0, 0.1) is 0 Å². The molecule has 3 unspecified atom stereocenters. The summed E-state index contributed by atoms with van der Waals surface area (Å²) >= 11 is 0. The fraction of sp³-hybridized carbons (Fsp3) is 1.00. The van der Waals surface area contributed by atoms with Gasteiger partial charge in [0, 0.05) is 18.7 Å². The van der Waals surface area contributed by atoms with Crippen molar-refractivity contribution in [3.63, 3.8) is 0 Å². The zero-order valence-electron chi connectivity index (χ0n) is 16.9. The van der Waals surface area contributed by atoms with Crippen LogP contribution in [-0.2, 0) is 0 Å². The number of hydrogen-bond donors (Lipinski definition) is 6. The van der Waals surface area contributed by atoms with E-state index in [0.29, 0.717) is 13.0 Å². The van der Waals surface area contributed by atoms with E-state index in [1.807, 2.05) is 0 Å². The monoisotopic (exact) mass is 374 g/mol. The lowest BCUT2D eigenvalue weighted by Crippen LogP contribution is -2.59. The minimum Gasteiger partial charge on any atom is -0.396 e. The summed E-state index contributed by atoms with van der Waals surface area (Å²) in [5.74, 6) is 0. The summed E-state index contributed by atoms with van der Waals surface area (Å²) in [5, 5.41) is 20.1. The van der Waals surface area contributed by atoms with Gasteiger partial charge in [0.1, 0.15) is 0 Å². The van der Waals surface area contributed by atoms with E-state index < -0.39 is 5.60 Å². The molecule has 0 aromatic carbocycles. The van der Waals surface area contributed by atoms with E-state index in [2.05, 4.69) is 0 Å². The van der Waals surface area contributed by atoms with Crippen LogP contribution < -0.4 is 22.9 Å². The number of rotatable bonds is 19. The molecule has 10 N–H and O–H groups in total. The van der Waals surface area contributed by atoms with Crippen molar-refractivity contribution in [1.29, 1.82) is 0 Å². The Morgan fingerprint density at radius 2 is 1.04 bits per heavy atom. The van der Waals surface area contributed by atoms with Gasteiger partial charge in [0.2, 0.25) is 0 Å². The highest BCUT2D eigenvalue weighted by atomic mass is 16.3. The van der Waals surface area contributed by atoms with Crippen LogP contribution in [0.5, 0.6) is 0 Å². The molecule has 0 aliphatic heterocycles. The normalized spacial score (nSPS) is 16.4. The minimum absolute atomic E-state index is 0.209. The lowest BCUT2D eigenvalue weighted by Gasteiger charge is -2.39. The maximum Gasteiger partial charge on any atom is 0.0947 e. The first-order chi connectivity index (χ1) is 12.5. The zero-order chi connectivity index (χ0) is 19.7. The lowest BCUT2D eigenvalue weighted by molar-refractivity contribution is -0.0257. The molecule has 6 heteroatoms. The standard InChI is InChI=1S/C20H46N4O2/c21-15-9-4-2-1-3-6-12-18(23)20(26,14-8-10-16-22)19(24)13-7-5-11-17-25/h18-19,25-26H,1-17,21-24H2. The van der Waals surface area contributed by atoms with Crippen molar-refractivity contribution in [2.45, 2.75) is 108 Å². The molecule has 0 spiro atoms. The van der Waals surface area contributed by atoms with Gasteiger partial charge < -0.3 is 33.1 Å². The predicted molar refractivity (Wildman–Crippen MR) is 111 cm³/mol. The highest BCUT2D eigenvalue weighted by molar-refractivity contribution is 4.97. The Bertz CT molecular complexity index is 308. The Morgan fingerprint density at radius 3 is 1.54 bits per heavy atom. The first-order valence-corrected chi connectivity index (χ1v) is 10.8. The van der Waals surface area contributed by atoms with Crippen LogP contribution in [0.15, 0.2) is 0 Å². The van der Waals surface area contributed by atoms with Crippen molar-refractivity contribution < 1.29 is 10.2 Å². The van der Waals surface area contributed by atoms with E-state index in [0.717, 1.165) is 70.8 Å². The fourth-order valence-electron chi connectivity index (χ4n) is 3.57. The molecule has 3 atom stereocenters. The Morgan fingerprint density at radius 1 is 0.615 bits per heavy atom. The Hall–Kier alpha value is -0.240. The third-order valence-corrected chi connectivity index (χ3v) is 5.46. The molecule has 0 heterocycles. The quantitative estimate of drug-likeness (QED) is 0.190. The molecular formula is C20H46N4O2. The molecule has 0 aromatic rings. The van der Waals surface area contributed by atoms with Gasteiger partial charge in [-0.2, -0.15) is 0 Å². The van der Waals surface area contributed by atoms with Crippen molar-refractivity contribution in [3.8, 4) is 0 Å². The van der Waals surface area contributed by atoms with E-state index in [9.17, 15) is 5.11 Å². The maximum absolute atomic E-state index is 11.3. The van der Waals surface area contributed by atoms with Crippen LogP contribution in [0.4, 0.5) is 0 Å². The first-order valence-electron chi connectivity index (χ1n) is 10.8. The van der Waals surface area contributed by atoms with Crippen molar-refractivity contribution in [3.05, 3.63) is 0 Å². The molecular weight excluding hydrogens is 328 g/mol. The van der Waals surface area contributed by atoms with E-state index >= 15 is 0 Å². The number of aliphatic hydroxyl groups excluding tert-OH is 1. The summed E-state index contributed by atoms with van der Waals surface area (Å²) in [4.78, 5) is 0. The fourth-order valence-corrected chi connectivity index (χ4v) is 3.57. The van der Waals surface area contributed by atoms with E-state index in [-0.39, 0.29) is 18.7 Å². The van der Waals surface area contributed by atoms with E-state index in [1.165, 1.54) is 19.3 Å². The van der Waals surface area contributed by atoms with Crippen molar-refractivity contribution >= 4 is 0 Å². The van der Waals surface area contributed by atoms with Gasteiger partial charge in [-0.1, -0.05) is 44.9 Å². The minimum atomic E-state index is -1.02. The van der Waals surface area contributed by atoms with Gasteiger partial charge in [-0.25, -0.2) is 0 Å². The van der Waals surface area contributed by atoms with Gasteiger partial charge in [-0.05, 0) is 58.0 Å². The van der Waals surface area contributed by atoms with Crippen LogP contribution in [0.1, 0.15) is 89.9 Å². The largest absolute Gasteiger partial charge is 0.396 e. The zero-order valence-corrected chi connectivity index (χ0v) is 16.9. The number of unbranched alkanes of at least 4 members (excludes halogenated alkanes) is 8. The summed E-state index contributed by atoms with van der Waals surface area (Å²) < 4.78 is 0. The average Bonchev–Trinajstić information content (AvgIpc) is 2.64. The molecule has 0 aliphatic rings. The Kier molecular flexibility index (Phi) is 16.7. The van der Waals surface area contributed by atoms with Gasteiger partial charge in [0.15, 0.2) is 0 Å². The third kappa shape index (κ3) is 11.5. The summed E-state index contributed by atoms with van der Waals surface area (Å²) in [6, 6.07) is -0.615. The molecule has 0 bridgehead atoms. The van der Waals surface area contributed by atoms with Gasteiger partial charge in [0.05, 0.1) is 5.60 Å². The number of nitrogens with two attached hydrogens (primary N) is 4. The van der Waals surface area contributed by atoms with Crippen molar-refractivity contribution in [1.82, 2.24) is 0 Å². The van der Waals surface area contributed by atoms with E-state index in [1.54, 1.807) is 0 Å². The highest BCUT2D eigenvalue weighted by Crippen LogP contribution is 2.27. The summed E-state index contributed by atoms with van der Waals surface area (Å²) in [7, 11) is 0. The number of aliphatic hydroxyl groups is 2. The lowest BCUT2D eigenvalue weighted by atomic mass is 9.78. The number of hydrogen-bond acceptors (Lipinski definition) is 6. The van der Waals surface area contributed by atoms with Crippen LogP contribution in [0.2, 0.25) is 0 Å². The Balaban J connectivity index is 4.37. The SMILES string of the molecule is NCCCCCCCCC(N)C(O)(CCCCN)C(N)CCCCCO. The van der Waals surface area contributed by atoms with Gasteiger partial charge in [-0.15, -0.1) is 0 Å². The second kappa shape index (κ2) is 16.9. The average molecular weight is 375 g/mol. The molecule has 0 rings (SSSR count). The molecule has 6 nitrogen and oxygen atoms in total. The molecule has 0 radical (unpaired) electrons. The van der Waals surface area contributed by atoms with Crippen molar-refractivity contribution in [2.75, 3.05) is 19.7 Å². The molecule has 0 fully saturated rings. The maximum atomic E-state index is 11.3. The van der Waals surface area contributed by atoms with Gasteiger partial charge in [0.25, 0.3) is 0 Å². The van der Waals surface area contributed by atoms with Gasteiger partial charge in [-0.3, -0.25) is 0 Å². The predicted octanol–water partition coefficient (Wildman–Crippen LogP) is 1.74. The van der Waals surface area contributed by atoms with Crippen LogP contribution in [-0.4, -0.2) is 47.6 Å². The molecule has 0 aromatic heterocycles. The molecule has 0 aliphatic carbocycles. The second-order valence-corrected chi connectivity index (χ2v) is 7.72. The van der Waals surface area contributed by atoms with Crippen molar-refractivity contribution in [2.24, 2.45) is 22.9 Å². The molecule has 158 valence electrons. The highest BCUT2D eigenvalue weighted by Gasteiger charge is 2.39. The summed E-state index contributed by atoms with van der Waals surface area (Å²) in [6.07, 6.45) is 13.4. The van der Waals surface area contributed by atoms with Crippen LogP contribution >= 0.6 is 0 Å². The summed E-state index contributed by atoms with van der Waals surface area (Å²) in [6.45, 7) is 1.61. The van der Waals surface area contributed by atoms with E-state index in [4.69, 9.17) is 28.0 Å². The molecule has 0 saturated heterocycles. The Labute approximate surface area is 161 Å². The molecule has 0 saturated carbocycles. The topological polar surface area (TPSA) is 145 Å². The van der Waals surface area contributed by atoms with Gasteiger partial charge >= 0.3 is 0 Å². The van der Waals surface area contributed by atoms with Crippen LogP contribution in [0.3, 0.4) is 0 Å². The molecule has 0 amide bonds. The third-order valence-electron chi connectivity index (χ3n) is 5.46. The van der Waals surface area contributed by atoms with Crippen LogP contribution in [0.25, 0.3) is 0 Å².